The molecule has 19 heavy (non-hydrogen) atoms. The van der Waals surface area contributed by atoms with Gasteiger partial charge in [-0.05, 0) is 35.9 Å². The molecule has 0 bridgehead atoms. The first-order valence-electron chi connectivity index (χ1n) is 5.67. The van der Waals surface area contributed by atoms with E-state index in [4.69, 9.17) is 16.3 Å². The van der Waals surface area contributed by atoms with Gasteiger partial charge in [-0.2, -0.15) is 0 Å². The fraction of sp³-hybridized carbons (Fsp3) is 0.545. The van der Waals surface area contributed by atoms with E-state index < -0.39 is 6.04 Å². The predicted octanol–water partition coefficient (Wildman–Crippen LogP) is 1.21. The van der Waals surface area contributed by atoms with E-state index in [1.807, 2.05) is 22.6 Å². The van der Waals surface area contributed by atoms with Crippen molar-refractivity contribution in [3.63, 3.8) is 0 Å². The molecule has 0 aromatic carbocycles. The average Bonchev–Trinajstić information content (AvgIpc) is 2.40. The van der Waals surface area contributed by atoms with Crippen LogP contribution in [0.3, 0.4) is 0 Å². The maximum atomic E-state index is 11.9. The van der Waals surface area contributed by atoms with Crippen molar-refractivity contribution in [2.75, 3.05) is 20.3 Å². The van der Waals surface area contributed by atoms with Crippen molar-refractivity contribution in [1.82, 2.24) is 14.9 Å². The highest BCUT2D eigenvalue weighted by molar-refractivity contribution is 14.1. The quantitative estimate of drug-likeness (QED) is 0.443. The Hall–Kier alpha value is -0.670. The van der Waals surface area contributed by atoms with Gasteiger partial charge in [0.1, 0.15) is 14.8 Å². The molecule has 0 saturated heterocycles. The van der Waals surface area contributed by atoms with E-state index in [0.717, 1.165) is 6.42 Å². The lowest BCUT2D eigenvalue weighted by Crippen LogP contribution is -2.37. The number of nitrogens with zero attached hydrogens (tertiary/aromatic N) is 2. The minimum absolute atomic E-state index is 0.148. The summed E-state index contributed by atoms with van der Waals surface area (Å²) in [5.74, 6) is -0.238. The van der Waals surface area contributed by atoms with Crippen LogP contribution in [0.2, 0.25) is 5.15 Å². The predicted molar refractivity (Wildman–Crippen MR) is 80.4 cm³/mol. The molecular formula is C11H15ClIN3O3. The van der Waals surface area contributed by atoms with Gasteiger partial charge in [-0.25, -0.2) is 4.98 Å². The summed E-state index contributed by atoms with van der Waals surface area (Å²) in [7, 11) is 1.60. The summed E-state index contributed by atoms with van der Waals surface area (Å²) in [6, 6.07) is -0.631. The molecule has 1 amide bonds. The molecule has 106 valence electrons. The Morgan fingerprint density at radius 2 is 2.37 bits per heavy atom. The van der Waals surface area contributed by atoms with E-state index in [2.05, 4.69) is 10.3 Å². The zero-order valence-corrected chi connectivity index (χ0v) is 13.6. The van der Waals surface area contributed by atoms with E-state index in [1.54, 1.807) is 14.0 Å². The van der Waals surface area contributed by atoms with Gasteiger partial charge in [-0.15, -0.1) is 0 Å². The first-order chi connectivity index (χ1) is 8.99. The number of ether oxygens (including phenoxy) is 1. The van der Waals surface area contributed by atoms with Gasteiger partial charge < -0.3 is 10.1 Å². The van der Waals surface area contributed by atoms with Gasteiger partial charge in [-0.1, -0.05) is 11.6 Å². The molecule has 1 aromatic rings. The molecule has 1 rings (SSSR count). The Morgan fingerprint density at radius 3 is 3.00 bits per heavy atom. The number of halogens is 2. The third kappa shape index (κ3) is 4.43. The van der Waals surface area contributed by atoms with Crippen LogP contribution >= 0.6 is 34.2 Å². The normalized spacial score (nSPS) is 12.2. The largest absolute Gasteiger partial charge is 0.385 e. The number of aromatic nitrogens is 2. The Kier molecular flexibility index (Phi) is 6.73. The minimum Gasteiger partial charge on any atom is -0.385 e. The van der Waals surface area contributed by atoms with E-state index >= 15 is 0 Å². The third-order valence-electron chi connectivity index (χ3n) is 2.52. The van der Waals surface area contributed by atoms with Crippen molar-refractivity contribution in [2.45, 2.75) is 19.4 Å². The van der Waals surface area contributed by atoms with Crippen LogP contribution in [0.25, 0.3) is 0 Å². The summed E-state index contributed by atoms with van der Waals surface area (Å²) < 4.78 is 6.45. The summed E-state index contributed by atoms with van der Waals surface area (Å²) in [5.41, 5.74) is -0.319. The number of carbonyl (C=O) groups excluding carboxylic acids is 1. The van der Waals surface area contributed by atoms with Gasteiger partial charge in [0.15, 0.2) is 0 Å². The number of rotatable bonds is 6. The van der Waals surface area contributed by atoms with Crippen LogP contribution < -0.4 is 10.9 Å². The van der Waals surface area contributed by atoms with Gasteiger partial charge in [0.2, 0.25) is 5.91 Å². The molecule has 0 aliphatic carbocycles. The first-order valence-corrected chi connectivity index (χ1v) is 7.13. The zero-order chi connectivity index (χ0) is 14.4. The molecule has 8 heteroatoms. The lowest BCUT2D eigenvalue weighted by atomic mass is 10.3. The van der Waals surface area contributed by atoms with Crippen LogP contribution in [0.5, 0.6) is 0 Å². The second-order valence-corrected chi connectivity index (χ2v) is 5.31. The molecule has 0 radical (unpaired) electrons. The molecule has 1 N–H and O–H groups in total. The second kappa shape index (κ2) is 7.81. The molecule has 1 unspecified atom stereocenters. The highest BCUT2D eigenvalue weighted by Crippen LogP contribution is 2.11. The molecule has 6 nitrogen and oxygen atoms in total. The standard InChI is InChI=1S/C11H15ClIN3O3/c1-7(10(17)14-4-3-5-19-2)16-6-15-9(12)8(13)11(16)18/h6-7H,3-5H2,1-2H3,(H,14,17). The smallest absolute Gasteiger partial charge is 0.269 e. The van der Waals surface area contributed by atoms with Gasteiger partial charge in [0.25, 0.3) is 5.56 Å². The Bertz CT molecular complexity index is 506. The number of hydrogen-bond donors (Lipinski definition) is 1. The lowest BCUT2D eigenvalue weighted by Gasteiger charge is -2.15. The van der Waals surface area contributed by atoms with Crippen molar-refractivity contribution in [2.24, 2.45) is 0 Å². The summed E-state index contributed by atoms with van der Waals surface area (Å²) in [6.45, 7) is 2.72. The molecule has 0 saturated carbocycles. The number of amides is 1. The highest BCUT2D eigenvalue weighted by atomic mass is 127. The van der Waals surface area contributed by atoms with Gasteiger partial charge >= 0.3 is 0 Å². The monoisotopic (exact) mass is 399 g/mol. The second-order valence-electron chi connectivity index (χ2n) is 3.88. The number of nitrogens with one attached hydrogen (secondary N) is 1. The van der Waals surface area contributed by atoms with E-state index in [-0.39, 0.29) is 16.6 Å². The molecule has 1 atom stereocenters. The number of carbonyl (C=O) groups is 1. The maximum absolute atomic E-state index is 11.9. The summed E-state index contributed by atoms with van der Waals surface area (Å²) in [6.07, 6.45) is 2.01. The van der Waals surface area contributed by atoms with Crippen LogP contribution in [0.4, 0.5) is 0 Å². The molecule has 0 aliphatic heterocycles. The maximum Gasteiger partial charge on any atom is 0.269 e. The topological polar surface area (TPSA) is 73.2 Å². The van der Waals surface area contributed by atoms with Crippen LogP contribution in [0, 0.1) is 3.57 Å². The molecule has 1 aromatic heterocycles. The van der Waals surface area contributed by atoms with Crippen molar-refractivity contribution in [3.8, 4) is 0 Å². The van der Waals surface area contributed by atoms with Crippen molar-refractivity contribution in [3.05, 3.63) is 25.4 Å². The zero-order valence-electron chi connectivity index (χ0n) is 10.7. The number of methoxy groups -OCH3 is 1. The fourth-order valence-electron chi connectivity index (χ4n) is 1.40. The summed E-state index contributed by atoms with van der Waals surface area (Å²) in [4.78, 5) is 27.7. The van der Waals surface area contributed by atoms with Gasteiger partial charge in [0.05, 0.1) is 6.33 Å². The molecular weight excluding hydrogens is 384 g/mol. The van der Waals surface area contributed by atoms with Crippen molar-refractivity contribution in [1.29, 1.82) is 0 Å². The number of hydrogen-bond acceptors (Lipinski definition) is 4. The van der Waals surface area contributed by atoms with Crippen molar-refractivity contribution < 1.29 is 9.53 Å². The molecule has 0 fully saturated rings. The minimum atomic E-state index is -0.631. The van der Waals surface area contributed by atoms with Crippen LogP contribution in [-0.2, 0) is 9.53 Å². The van der Waals surface area contributed by atoms with E-state index in [9.17, 15) is 9.59 Å². The van der Waals surface area contributed by atoms with Crippen LogP contribution in [0.15, 0.2) is 11.1 Å². The van der Waals surface area contributed by atoms with Crippen LogP contribution in [0.1, 0.15) is 19.4 Å². The summed E-state index contributed by atoms with van der Waals surface area (Å²) in [5, 5.41) is 2.88. The Balaban J connectivity index is 2.72. The highest BCUT2D eigenvalue weighted by Gasteiger charge is 2.18. The Morgan fingerprint density at radius 1 is 1.68 bits per heavy atom. The van der Waals surface area contributed by atoms with Gasteiger partial charge in [-0.3, -0.25) is 14.2 Å². The molecule has 0 aliphatic rings. The SMILES string of the molecule is COCCCNC(=O)C(C)n1cnc(Cl)c(I)c1=O. The molecule has 0 spiro atoms. The Labute approximate surface area is 129 Å². The first kappa shape index (κ1) is 16.4. The fourth-order valence-corrected chi connectivity index (χ4v) is 1.94. The average molecular weight is 400 g/mol. The third-order valence-corrected chi connectivity index (χ3v) is 4.10. The van der Waals surface area contributed by atoms with E-state index in [0.29, 0.717) is 16.7 Å². The van der Waals surface area contributed by atoms with Crippen molar-refractivity contribution >= 4 is 40.1 Å². The lowest BCUT2D eigenvalue weighted by molar-refractivity contribution is -0.124. The van der Waals surface area contributed by atoms with Crippen LogP contribution in [-0.4, -0.2) is 35.7 Å². The molecule has 1 heterocycles. The summed E-state index contributed by atoms with van der Waals surface area (Å²) >= 11 is 7.56. The van der Waals surface area contributed by atoms with E-state index in [1.165, 1.54) is 10.9 Å². The van der Waals surface area contributed by atoms with Gasteiger partial charge in [0, 0.05) is 20.3 Å².